The molecule has 2 rings (SSSR count). The molecule has 1 saturated heterocycles. The molecule has 1 aliphatic heterocycles. The number of rotatable bonds is 4. The smallest absolute Gasteiger partial charge is 0.239 e. The first-order valence-electron chi connectivity index (χ1n) is 7.60. The van der Waals surface area contributed by atoms with Crippen molar-refractivity contribution < 1.29 is 4.79 Å². The minimum absolute atomic E-state index is 0.124. The molecule has 2 heterocycles. The highest BCUT2D eigenvalue weighted by molar-refractivity contribution is 5.81. The molecule has 0 aliphatic carbocycles. The zero-order valence-electron chi connectivity index (χ0n) is 12.6. The van der Waals surface area contributed by atoms with Crippen LogP contribution in [0.3, 0.4) is 0 Å². The fourth-order valence-electron chi connectivity index (χ4n) is 2.62. The van der Waals surface area contributed by atoms with E-state index in [9.17, 15) is 4.79 Å². The first-order chi connectivity index (χ1) is 9.68. The van der Waals surface area contributed by atoms with Gasteiger partial charge in [-0.05, 0) is 43.9 Å². The van der Waals surface area contributed by atoms with Gasteiger partial charge in [0, 0.05) is 32.0 Å². The molecule has 0 saturated carbocycles. The fourth-order valence-corrected chi connectivity index (χ4v) is 2.62. The molecule has 1 fully saturated rings. The van der Waals surface area contributed by atoms with Gasteiger partial charge >= 0.3 is 0 Å². The number of hydrogen-bond acceptors (Lipinski definition) is 3. The SMILES string of the molecule is Cc1cnccc1CNC(C)C(=O)N1CCCCCC1. The molecule has 1 unspecified atom stereocenters. The molecule has 4 heteroatoms. The van der Waals surface area contributed by atoms with E-state index >= 15 is 0 Å². The summed E-state index contributed by atoms with van der Waals surface area (Å²) in [4.78, 5) is 18.5. The van der Waals surface area contributed by atoms with E-state index in [0.717, 1.165) is 38.0 Å². The van der Waals surface area contributed by atoms with Crippen LogP contribution in [0.1, 0.15) is 43.7 Å². The van der Waals surface area contributed by atoms with Crippen LogP contribution in [-0.4, -0.2) is 34.9 Å². The Bertz CT molecular complexity index is 439. The zero-order chi connectivity index (χ0) is 14.4. The van der Waals surface area contributed by atoms with Crippen molar-refractivity contribution in [3.63, 3.8) is 0 Å². The molecule has 1 aromatic rings. The van der Waals surface area contributed by atoms with Crippen molar-refractivity contribution in [1.82, 2.24) is 15.2 Å². The van der Waals surface area contributed by atoms with Crippen LogP contribution < -0.4 is 5.32 Å². The molecule has 0 bridgehead atoms. The van der Waals surface area contributed by atoms with Gasteiger partial charge in [-0.2, -0.15) is 0 Å². The van der Waals surface area contributed by atoms with Crippen LogP contribution in [0, 0.1) is 6.92 Å². The minimum atomic E-state index is -0.124. The summed E-state index contributed by atoms with van der Waals surface area (Å²) < 4.78 is 0. The minimum Gasteiger partial charge on any atom is -0.341 e. The summed E-state index contributed by atoms with van der Waals surface area (Å²) in [6.45, 7) is 6.56. The lowest BCUT2D eigenvalue weighted by Gasteiger charge is -2.24. The molecule has 1 aromatic heterocycles. The maximum Gasteiger partial charge on any atom is 0.239 e. The molecular formula is C16H25N3O. The third-order valence-corrected chi connectivity index (χ3v) is 4.02. The average molecular weight is 275 g/mol. The molecule has 20 heavy (non-hydrogen) atoms. The van der Waals surface area contributed by atoms with Crippen LogP contribution >= 0.6 is 0 Å². The topological polar surface area (TPSA) is 45.2 Å². The second-order valence-corrected chi connectivity index (χ2v) is 5.64. The predicted molar refractivity (Wildman–Crippen MR) is 80.3 cm³/mol. The van der Waals surface area contributed by atoms with Gasteiger partial charge in [0.25, 0.3) is 0 Å². The number of amides is 1. The molecule has 1 N–H and O–H groups in total. The van der Waals surface area contributed by atoms with Crippen molar-refractivity contribution in [2.24, 2.45) is 0 Å². The van der Waals surface area contributed by atoms with Gasteiger partial charge < -0.3 is 10.2 Å². The zero-order valence-corrected chi connectivity index (χ0v) is 12.6. The van der Waals surface area contributed by atoms with Gasteiger partial charge in [0.15, 0.2) is 0 Å². The molecule has 1 aliphatic rings. The van der Waals surface area contributed by atoms with Crippen LogP contribution in [0.5, 0.6) is 0 Å². The van der Waals surface area contributed by atoms with Crippen LogP contribution in [0.4, 0.5) is 0 Å². The van der Waals surface area contributed by atoms with Gasteiger partial charge in [-0.15, -0.1) is 0 Å². The molecular weight excluding hydrogens is 250 g/mol. The standard InChI is InChI=1S/C16H25N3O/c1-13-11-17-8-7-15(13)12-18-14(2)16(20)19-9-5-3-4-6-10-19/h7-8,11,14,18H,3-6,9-10,12H2,1-2H3. The van der Waals surface area contributed by atoms with E-state index in [-0.39, 0.29) is 11.9 Å². The van der Waals surface area contributed by atoms with E-state index in [0.29, 0.717) is 0 Å². The second kappa shape index (κ2) is 7.39. The maximum atomic E-state index is 12.4. The predicted octanol–water partition coefficient (Wildman–Crippen LogP) is 2.27. The number of aryl methyl sites for hydroxylation is 1. The van der Waals surface area contributed by atoms with Crippen molar-refractivity contribution in [1.29, 1.82) is 0 Å². The van der Waals surface area contributed by atoms with Crippen molar-refractivity contribution in [3.05, 3.63) is 29.6 Å². The molecule has 0 spiro atoms. The molecule has 0 aromatic carbocycles. The fraction of sp³-hybridized carbons (Fsp3) is 0.625. The van der Waals surface area contributed by atoms with Gasteiger partial charge in [-0.25, -0.2) is 0 Å². The van der Waals surface area contributed by atoms with E-state index in [4.69, 9.17) is 0 Å². The highest BCUT2D eigenvalue weighted by atomic mass is 16.2. The third-order valence-electron chi connectivity index (χ3n) is 4.02. The molecule has 1 amide bonds. The average Bonchev–Trinajstić information content (AvgIpc) is 2.74. The second-order valence-electron chi connectivity index (χ2n) is 5.64. The lowest BCUT2D eigenvalue weighted by atomic mass is 10.1. The number of hydrogen-bond donors (Lipinski definition) is 1. The normalized spacial score (nSPS) is 17.6. The van der Waals surface area contributed by atoms with E-state index < -0.39 is 0 Å². The van der Waals surface area contributed by atoms with Gasteiger partial charge in [-0.1, -0.05) is 12.8 Å². The molecule has 0 radical (unpaired) electrons. The van der Waals surface area contributed by atoms with Gasteiger partial charge in [0.1, 0.15) is 0 Å². The van der Waals surface area contributed by atoms with Crippen LogP contribution in [0.25, 0.3) is 0 Å². The monoisotopic (exact) mass is 275 g/mol. The van der Waals surface area contributed by atoms with Gasteiger partial charge in [-0.3, -0.25) is 9.78 Å². The Morgan fingerprint density at radius 3 is 2.70 bits per heavy atom. The summed E-state index contributed by atoms with van der Waals surface area (Å²) in [5, 5.41) is 3.34. The number of aromatic nitrogens is 1. The Balaban J connectivity index is 1.86. The Morgan fingerprint density at radius 1 is 1.35 bits per heavy atom. The number of likely N-dealkylation sites (tertiary alicyclic amines) is 1. The van der Waals surface area contributed by atoms with Gasteiger partial charge in [0.2, 0.25) is 5.91 Å². The number of pyridine rings is 1. The Kier molecular flexibility index (Phi) is 5.53. The number of carbonyl (C=O) groups excluding carboxylic acids is 1. The van der Waals surface area contributed by atoms with E-state index in [1.165, 1.54) is 18.4 Å². The maximum absolute atomic E-state index is 12.4. The molecule has 110 valence electrons. The molecule has 1 atom stereocenters. The van der Waals surface area contributed by atoms with Crippen molar-refractivity contribution in [2.45, 2.75) is 52.1 Å². The van der Waals surface area contributed by atoms with Crippen LogP contribution in [-0.2, 0) is 11.3 Å². The van der Waals surface area contributed by atoms with Crippen molar-refractivity contribution in [2.75, 3.05) is 13.1 Å². The summed E-state index contributed by atoms with van der Waals surface area (Å²) in [6.07, 6.45) is 8.44. The summed E-state index contributed by atoms with van der Waals surface area (Å²) in [7, 11) is 0. The largest absolute Gasteiger partial charge is 0.341 e. The number of carbonyl (C=O) groups is 1. The molecule has 4 nitrogen and oxygen atoms in total. The lowest BCUT2D eigenvalue weighted by Crippen LogP contribution is -2.45. The Morgan fingerprint density at radius 2 is 2.05 bits per heavy atom. The number of nitrogens with one attached hydrogen (secondary N) is 1. The van der Waals surface area contributed by atoms with E-state index in [1.807, 2.05) is 31.0 Å². The highest BCUT2D eigenvalue weighted by Crippen LogP contribution is 2.11. The van der Waals surface area contributed by atoms with Crippen molar-refractivity contribution in [3.8, 4) is 0 Å². The highest BCUT2D eigenvalue weighted by Gasteiger charge is 2.20. The quantitative estimate of drug-likeness (QED) is 0.917. The first kappa shape index (κ1) is 15.0. The van der Waals surface area contributed by atoms with Crippen LogP contribution in [0.15, 0.2) is 18.5 Å². The van der Waals surface area contributed by atoms with E-state index in [1.54, 1.807) is 6.20 Å². The summed E-state index contributed by atoms with van der Waals surface area (Å²) >= 11 is 0. The Hall–Kier alpha value is -1.42. The Labute approximate surface area is 121 Å². The van der Waals surface area contributed by atoms with Crippen LogP contribution in [0.2, 0.25) is 0 Å². The van der Waals surface area contributed by atoms with Crippen molar-refractivity contribution >= 4 is 5.91 Å². The third kappa shape index (κ3) is 4.04. The number of nitrogens with zero attached hydrogens (tertiary/aromatic N) is 2. The summed E-state index contributed by atoms with van der Waals surface area (Å²) in [5.41, 5.74) is 2.37. The lowest BCUT2D eigenvalue weighted by molar-refractivity contribution is -0.133. The van der Waals surface area contributed by atoms with E-state index in [2.05, 4.69) is 10.3 Å². The summed E-state index contributed by atoms with van der Waals surface area (Å²) in [6, 6.07) is 1.88. The summed E-state index contributed by atoms with van der Waals surface area (Å²) in [5.74, 6) is 0.235. The first-order valence-corrected chi connectivity index (χ1v) is 7.60. The van der Waals surface area contributed by atoms with Gasteiger partial charge in [0.05, 0.1) is 6.04 Å².